The fourth-order valence-electron chi connectivity index (χ4n) is 4.91. The van der Waals surface area contributed by atoms with Crippen molar-refractivity contribution in [2.75, 3.05) is 0 Å². The van der Waals surface area contributed by atoms with Gasteiger partial charge in [-0.2, -0.15) is 0 Å². The molecule has 10 atom stereocenters. The van der Waals surface area contributed by atoms with E-state index < -0.39 is 65.9 Å². The van der Waals surface area contributed by atoms with Gasteiger partial charge in [0.05, 0.1) is 36.3 Å². The molecule has 2 fully saturated rings. The van der Waals surface area contributed by atoms with Gasteiger partial charge in [0.25, 0.3) is 0 Å². The van der Waals surface area contributed by atoms with Gasteiger partial charge >= 0.3 is 11.9 Å². The predicted molar refractivity (Wildman–Crippen MR) is 90.1 cm³/mol. The highest BCUT2D eigenvalue weighted by atomic mass is 16.4. The van der Waals surface area contributed by atoms with Crippen LogP contribution in [-0.4, -0.2) is 67.0 Å². The van der Waals surface area contributed by atoms with Gasteiger partial charge in [0.1, 0.15) is 0 Å². The topological polar surface area (TPSA) is 156 Å². The lowest BCUT2D eigenvalue weighted by atomic mass is 9.82. The Hall–Kier alpha value is -1.22. The molecule has 0 bridgehead atoms. The maximum atomic E-state index is 11.5. The van der Waals surface area contributed by atoms with Gasteiger partial charge in [0.15, 0.2) is 0 Å². The van der Waals surface area contributed by atoms with E-state index in [1.807, 2.05) is 0 Å². The van der Waals surface area contributed by atoms with E-state index in [2.05, 4.69) is 0 Å². The Morgan fingerprint density at radius 1 is 0.692 bits per heavy atom. The van der Waals surface area contributed by atoms with Crippen molar-refractivity contribution in [1.29, 1.82) is 0 Å². The van der Waals surface area contributed by atoms with Crippen molar-refractivity contribution in [1.82, 2.24) is 0 Å². The van der Waals surface area contributed by atoms with Crippen LogP contribution in [0.25, 0.3) is 0 Å². The second-order valence-corrected chi connectivity index (χ2v) is 8.14. The van der Waals surface area contributed by atoms with Crippen LogP contribution in [-0.2, 0) is 9.59 Å². The minimum atomic E-state index is -1.31. The molecule has 8 heteroatoms. The molecule has 0 aromatic carbocycles. The summed E-state index contributed by atoms with van der Waals surface area (Å²) in [4.78, 5) is 22.9. The smallest absolute Gasteiger partial charge is 0.306 e. The summed E-state index contributed by atoms with van der Waals surface area (Å²) >= 11 is 0. The van der Waals surface area contributed by atoms with Gasteiger partial charge in [-0.05, 0) is 57.3 Å². The number of carboxylic acid groups (broad SMARTS) is 2. The second-order valence-electron chi connectivity index (χ2n) is 8.14. The van der Waals surface area contributed by atoms with Crippen molar-refractivity contribution >= 4 is 11.9 Å². The molecule has 2 rings (SSSR count). The first-order valence-corrected chi connectivity index (χ1v) is 9.22. The number of rotatable bonds is 7. The van der Waals surface area contributed by atoms with Gasteiger partial charge < -0.3 is 30.6 Å². The molecule has 0 aliphatic heterocycles. The molecule has 6 N–H and O–H groups in total. The quantitative estimate of drug-likeness (QED) is 0.361. The Balaban J connectivity index is 2.12. The van der Waals surface area contributed by atoms with E-state index in [-0.39, 0.29) is 25.2 Å². The van der Waals surface area contributed by atoms with Crippen LogP contribution >= 0.6 is 0 Å². The Bertz CT molecular complexity index is 519. The first-order valence-electron chi connectivity index (χ1n) is 9.22. The number of hydrogen-bond acceptors (Lipinski definition) is 6. The van der Waals surface area contributed by atoms with E-state index in [1.165, 1.54) is 6.92 Å². The highest BCUT2D eigenvalue weighted by molar-refractivity contribution is 5.71. The van der Waals surface area contributed by atoms with Gasteiger partial charge in [-0.1, -0.05) is 0 Å². The van der Waals surface area contributed by atoms with E-state index in [9.17, 15) is 40.2 Å². The lowest BCUT2D eigenvalue weighted by molar-refractivity contribution is -0.146. The van der Waals surface area contributed by atoms with Gasteiger partial charge in [-0.15, -0.1) is 0 Å². The van der Waals surface area contributed by atoms with E-state index in [1.54, 1.807) is 6.92 Å². The molecular formula is C18H30O8. The third-order valence-corrected chi connectivity index (χ3v) is 6.50. The zero-order valence-corrected chi connectivity index (χ0v) is 15.1. The number of aliphatic hydroxyl groups excluding tert-OH is 4. The molecular weight excluding hydrogens is 344 g/mol. The highest BCUT2D eigenvalue weighted by Gasteiger charge is 2.50. The van der Waals surface area contributed by atoms with Crippen LogP contribution in [0.2, 0.25) is 0 Å². The van der Waals surface area contributed by atoms with Crippen molar-refractivity contribution in [2.24, 2.45) is 35.5 Å². The summed E-state index contributed by atoms with van der Waals surface area (Å²) < 4.78 is 0. The monoisotopic (exact) mass is 374 g/mol. The number of aliphatic carboxylic acids is 2. The van der Waals surface area contributed by atoms with Gasteiger partial charge in [0, 0.05) is 5.92 Å². The standard InChI is InChI=1S/C18H30O8/c1-7(19)9-3-12(14(4-9)18(25)26)16(22)15(21)10-5-11(8(2)20)13(6-10)17(23)24/h7-16,19-22H,3-6H2,1-2H3,(H,23,24)(H,25,26)/t7?,8?,9-,10+,11+,12+,13+,14-,15?,16?/m1/s1. The summed E-state index contributed by atoms with van der Waals surface area (Å²) in [6, 6.07) is 0. The number of carbonyl (C=O) groups is 2. The predicted octanol–water partition coefficient (Wildman–Crippen LogP) is -0.0762. The molecule has 2 saturated carbocycles. The average Bonchev–Trinajstić information content (AvgIpc) is 3.18. The van der Waals surface area contributed by atoms with Crippen LogP contribution in [0.5, 0.6) is 0 Å². The lowest BCUT2D eigenvalue weighted by Crippen LogP contribution is -2.41. The molecule has 2 aliphatic carbocycles. The van der Waals surface area contributed by atoms with Gasteiger partial charge in [-0.3, -0.25) is 9.59 Å². The molecule has 0 saturated heterocycles. The van der Waals surface area contributed by atoms with Crippen LogP contribution < -0.4 is 0 Å². The number of hydrogen-bond donors (Lipinski definition) is 6. The fraction of sp³-hybridized carbons (Fsp3) is 0.889. The normalized spacial score (nSPS) is 39.3. The first-order chi connectivity index (χ1) is 12.0. The molecule has 8 nitrogen and oxygen atoms in total. The summed E-state index contributed by atoms with van der Waals surface area (Å²) in [7, 11) is 0. The van der Waals surface area contributed by atoms with Crippen molar-refractivity contribution in [2.45, 2.75) is 63.9 Å². The van der Waals surface area contributed by atoms with Crippen LogP contribution in [0.3, 0.4) is 0 Å². The van der Waals surface area contributed by atoms with Gasteiger partial charge in [-0.25, -0.2) is 0 Å². The zero-order chi connectivity index (χ0) is 19.8. The molecule has 0 heterocycles. The maximum Gasteiger partial charge on any atom is 0.306 e. The van der Waals surface area contributed by atoms with E-state index >= 15 is 0 Å². The Kier molecular flexibility index (Phi) is 6.65. The van der Waals surface area contributed by atoms with Crippen molar-refractivity contribution in [3.63, 3.8) is 0 Å². The number of aliphatic hydroxyl groups is 4. The Morgan fingerprint density at radius 2 is 1.15 bits per heavy atom. The summed E-state index contributed by atoms with van der Waals surface area (Å²) in [6.07, 6.45) is -3.20. The number of carboxylic acids is 2. The third kappa shape index (κ3) is 4.19. The molecule has 150 valence electrons. The van der Waals surface area contributed by atoms with Crippen molar-refractivity contribution in [3.8, 4) is 0 Å². The fourth-order valence-corrected chi connectivity index (χ4v) is 4.91. The summed E-state index contributed by atoms with van der Waals surface area (Å²) in [6.45, 7) is 3.09. The highest BCUT2D eigenvalue weighted by Crippen LogP contribution is 2.45. The van der Waals surface area contributed by atoms with E-state index in [0.29, 0.717) is 6.42 Å². The molecule has 0 amide bonds. The lowest BCUT2D eigenvalue weighted by Gasteiger charge is -2.30. The van der Waals surface area contributed by atoms with Crippen molar-refractivity contribution < 1.29 is 40.2 Å². The zero-order valence-electron chi connectivity index (χ0n) is 15.1. The second kappa shape index (κ2) is 8.21. The minimum absolute atomic E-state index is 0.132. The molecule has 0 aromatic rings. The largest absolute Gasteiger partial charge is 0.481 e. The molecule has 0 spiro atoms. The van der Waals surface area contributed by atoms with E-state index in [0.717, 1.165) is 0 Å². The van der Waals surface area contributed by atoms with Crippen molar-refractivity contribution in [3.05, 3.63) is 0 Å². The first kappa shape index (κ1) is 21.1. The summed E-state index contributed by atoms with van der Waals surface area (Å²) in [5.74, 6) is -5.76. The van der Waals surface area contributed by atoms with Gasteiger partial charge in [0.2, 0.25) is 0 Å². The molecule has 2 aliphatic rings. The SMILES string of the molecule is CC(O)[C@@H]1C[C@H](C(O)C(O)[C@@H]2C[C@H](C(=O)O)[C@H](C(C)O)C2)[C@H](C(=O)O)C1. The summed E-state index contributed by atoms with van der Waals surface area (Å²) in [5, 5.41) is 59.6. The average molecular weight is 374 g/mol. The van der Waals surface area contributed by atoms with Crippen LogP contribution in [0.4, 0.5) is 0 Å². The Labute approximate surface area is 152 Å². The molecule has 0 radical (unpaired) electrons. The molecule has 0 aromatic heterocycles. The minimum Gasteiger partial charge on any atom is -0.481 e. The maximum absolute atomic E-state index is 11.5. The van der Waals surface area contributed by atoms with Crippen LogP contribution in [0, 0.1) is 35.5 Å². The van der Waals surface area contributed by atoms with E-state index in [4.69, 9.17) is 0 Å². The third-order valence-electron chi connectivity index (χ3n) is 6.50. The van der Waals surface area contributed by atoms with Crippen LogP contribution in [0.15, 0.2) is 0 Å². The Morgan fingerprint density at radius 3 is 1.58 bits per heavy atom. The summed E-state index contributed by atoms with van der Waals surface area (Å²) in [5.41, 5.74) is 0. The van der Waals surface area contributed by atoms with Crippen LogP contribution in [0.1, 0.15) is 39.5 Å². The molecule has 4 unspecified atom stereocenters. The molecule has 26 heavy (non-hydrogen) atoms.